The minimum absolute atomic E-state index is 0.0712. The minimum atomic E-state index is -0.101. The molecule has 4 nitrogen and oxygen atoms in total. The number of nitrogens with one attached hydrogen (secondary N) is 1. The third-order valence-corrected chi connectivity index (χ3v) is 2.64. The molecule has 1 aromatic heterocycles. The summed E-state index contributed by atoms with van der Waals surface area (Å²) in [5, 5.41) is 7.26. The maximum absolute atomic E-state index is 11.8. The average molecular weight is 274 g/mol. The first kappa shape index (κ1) is 12.2. The second-order valence-corrected chi connectivity index (χ2v) is 4.81. The van der Waals surface area contributed by atoms with E-state index in [4.69, 9.17) is 0 Å². The van der Waals surface area contributed by atoms with Gasteiger partial charge in [-0.15, -0.1) is 0 Å². The maximum atomic E-state index is 11.8. The summed E-state index contributed by atoms with van der Waals surface area (Å²) in [7, 11) is 0. The van der Waals surface area contributed by atoms with Gasteiger partial charge in [-0.1, -0.05) is 0 Å². The highest BCUT2D eigenvalue weighted by Gasteiger charge is 2.10. The predicted molar refractivity (Wildman–Crippen MR) is 65.3 cm³/mol. The molecular weight excluding hydrogens is 258 g/mol. The summed E-state index contributed by atoms with van der Waals surface area (Å²) in [6.07, 6.45) is 1.67. The molecule has 84 valence electrons. The van der Waals surface area contributed by atoms with Gasteiger partial charge in [-0.25, -0.2) is 4.68 Å². The van der Waals surface area contributed by atoms with E-state index in [1.807, 2.05) is 27.7 Å². The topological polar surface area (TPSA) is 46.9 Å². The number of hydrogen-bond donors (Lipinski definition) is 1. The first-order valence-corrected chi connectivity index (χ1v) is 5.76. The lowest BCUT2D eigenvalue weighted by Gasteiger charge is -2.14. The number of anilines is 1. The van der Waals surface area contributed by atoms with Crippen LogP contribution in [-0.2, 0) is 0 Å². The van der Waals surface area contributed by atoms with Crippen molar-refractivity contribution in [1.29, 1.82) is 0 Å². The average Bonchev–Trinajstić information content (AvgIpc) is 2.12. The molecular formula is C10H16BrN3O. The van der Waals surface area contributed by atoms with Gasteiger partial charge in [-0.05, 0) is 43.6 Å². The second-order valence-electron chi connectivity index (χ2n) is 4.01. The zero-order chi connectivity index (χ0) is 11.6. The lowest BCUT2D eigenvalue weighted by atomic mass is 10.3. The Morgan fingerprint density at radius 2 is 2.00 bits per heavy atom. The van der Waals surface area contributed by atoms with Crippen LogP contribution in [0.5, 0.6) is 0 Å². The molecule has 0 bridgehead atoms. The Morgan fingerprint density at radius 3 is 2.47 bits per heavy atom. The van der Waals surface area contributed by atoms with Gasteiger partial charge in [0.1, 0.15) is 4.47 Å². The van der Waals surface area contributed by atoms with Crippen LogP contribution in [0.3, 0.4) is 0 Å². The number of nitrogens with zero attached hydrogens (tertiary/aromatic N) is 2. The number of rotatable bonds is 3. The summed E-state index contributed by atoms with van der Waals surface area (Å²) in [6.45, 7) is 7.88. The van der Waals surface area contributed by atoms with Crippen molar-refractivity contribution in [3.63, 3.8) is 0 Å². The fourth-order valence-electron chi connectivity index (χ4n) is 1.22. The molecule has 1 aromatic rings. The van der Waals surface area contributed by atoms with E-state index in [2.05, 4.69) is 26.3 Å². The van der Waals surface area contributed by atoms with Crippen molar-refractivity contribution in [2.45, 2.75) is 39.8 Å². The molecule has 0 unspecified atom stereocenters. The molecule has 1 rings (SSSR count). The standard InChI is InChI=1S/C10H16BrN3O/c1-6(2)13-8-5-12-14(7(3)4)10(15)9(8)11/h5-7,13H,1-4H3. The van der Waals surface area contributed by atoms with E-state index in [1.165, 1.54) is 4.68 Å². The van der Waals surface area contributed by atoms with Gasteiger partial charge in [0.25, 0.3) is 5.56 Å². The first-order valence-electron chi connectivity index (χ1n) is 4.97. The highest BCUT2D eigenvalue weighted by Crippen LogP contribution is 2.17. The van der Waals surface area contributed by atoms with E-state index in [1.54, 1.807) is 6.20 Å². The molecule has 0 aliphatic carbocycles. The van der Waals surface area contributed by atoms with Gasteiger partial charge in [-0.2, -0.15) is 5.10 Å². The molecule has 0 fully saturated rings. The minimum Gasteiger partial charge on any atom is -0.380 e. The van der Waals surface area contributed by atoms with Crippen LogP contribution in [0.25, 0.3) is 0 Å². The monoisotopic (exact) mass is 273 g/mol. The van der Waals surface area contributed by atoms with Crippen molar-refractivity contribution in [2.75, 3.05) is 5.32 Å². The van der Waals surface area contributed by atoms with Gasteiger partial charge in [0.05, 0.1) is 17.9 Å². The molecule has 0 radical (unpaired) electrons. The quantitative estimate of drug-likeness (QED) is 0.920. The summed E-state index contributed by atoms with van der Waals surface area (Å²) >= 11 is 3.29. The Labute approximate surface area is 97.8 Å². The summed E-state index contributed by atoms with van der Waals surface area (Å²) in [6, 6.07) is 0.347. The molecule has 0 saturated carbocycles. The van der Waals surface area contributed by atoms with E-state index in [0.29, 0.717) is 4.47 Å². The molecule has 5 heteroatoms. The molecule has 0 aliphatic heterocycles. The molecule has 0 saturated heterocycles. The van der Waals surface area contributed by atoms with Crippen LogP contribution in [0.1, 0.15) is 33.7 Å². The van der Waals surface area contributed by atoms with Crippen molar-refractivity contribution in [2.24, 2.45) is 0 Å². The normalized spacial score (nSPS) is 11.1. The van der Waals surface area contributed by atoms with E-state index in [0.717, 1.165) is 5.69 Å². The van der Waals surface area contributed by atoms with Crippen molar-refractivity contribution in [1.82, 2.24) is 9.78 Å². The first-order chi connectivity index (χ1) is 6.93. The second kappa shape index (κ2) is 4.79. The molecule has 1 N–H and O–H groups in total. The van der Waals surface area contributed by atoms with Gasteiger partial charge in [0, 0.05) is 6.04 Å². The third-order valence-electron chi connectivity index (χ3n) is 1.88. The Hall–Kier alpha value is -0.840. The van der Waals surface area contributed by atoms with E-state index < -0.39 is 0 Å². The Kier molecular flexibility index (Phi) is 3.90. The fourth-order valence-corrected chi connectivity index (χ4v) is 1.62. The van der Waals surface area contributed by atoms with Crippen LogP contribution in [0.2, 0.25) is 0 Å². The smallest absolute Gasteiger partial charge is 0.283 e. The zero-order valence-electron chi connectivity index (χ0n) is 9.41. The Morgan fingerprint density at radius 1 is 1.40 bits per heavy atom. The van der Waals surface area contributed by atoms with Crippen molar-refractivity contribution in [3.05, 3.63) is 21.0 Å². The van der Waals surface area contributed by atoms with Crippen LogP contribution in [0.4, 0.5) is 5.69 Å². The van der Waals surface area contributed by atoms with Crippen LogP contribution in [0, 0.1) is 0 Å². The van der Waals surface area contributed by atoms with Crippen molar-refractivity contribution >= 4 is 21.6 Å². The Bertz CT molecular complexity index is 398. The van der Waals surface area contributed by atoms with E-state index >= 15 is 0 Å². The fraction of sp³-hybridized carbons (Fsp3) is 0.600. The van der Waals surface area contributed by atoms with Gasteiger partial charge >= 0.3 is 0 Å². The largest absolute Gasteiger partial charge is 0.380 e. The lowest BCUT2D eigenvalue weighted by Crippen LogP contribution is -2.26. The van der Waals surface area contributed by atoms with Crippen LogP contribution < -0.4 is 10.9 Å². The summed E-state index contributed by atoms with van der Waals surface area (Å²) in [5.41, 5.74) is 0.641. The highest BCUT2D eigenvalue weighted by atomic mass is 79.9. The van der Waals surface area contributed by atoms with Crippen molar-refractivity contribution in [3.8, 4) is 0 Å². The van der Waals surface area contributed by atoms with Crippen LogP contribution in [-0.4, -0.2) is 15.8 Å². The Balaban J connectivity index is 3.16. The molecule has 0 atom stereocenters. The van der Waals surface area contributed by atoms with Gasteiger partial charge < -0.3 is 5.32 Å². The van der Waals surface area contributed by atoms with Gasteiger partial charge in [-0.3, -0.25) is 4.79 Å². The van der Waals surface area contributed by atoms with E-state index in [9.17, 15) is 4.79 Å². The maximum Gasteiger partial charge on any atom is 0.283 e. The van der Waals surface area contributed by atoms with Crippen LogP contribution >= 0.6 is 15.9 Å². The zero-order valence-corrected chi connectivity index (χ0v) is 11.0. The highest BCUT2D eigenvalue weighted by molar-refractivity contribution is 9.10. The summed E-state index contributed by atoms with van der Waals surface area (Å²) in [5.74, 6) is 0. The molecule has 0 aromatic carbocycles. The van der Waals surface area contributed by atoms with Gasteiger partial charge in [0.15, 0.2) is 0 Å². The van der Waals surface area contributed by atoms with E-state index in [-0.39, 0.29) is 17.6 Å². The lowest BCUT2D eigenvalue weighted by molar-refractivity contribution is 0.501. The third kappa shape index (κ3) is 2.81. The number of halogens is 1. The number of aromatic nitrogens is 2. The molecule has 0 amide bonds. The summed E-state index contributed by atoms with van der Waals surface area (Å²) in [4.78, 5) is 11.8. The molecule has 0 spiro atoms. The molecule has 1 heterocycles. The molecule has 15 heavy (non-hydrogen) atoms. The SMILES string of the molecule is CC(C)Nc1cnn(C(C)C)c(=O)c1Br. The van der Waals surface area contributed by atoms with Gasteiger partial charge in [0.2, 0.25) is 0 Å². The van der Waals surface area contributed by atoms with Crippen LogP contribution in [0.15, 0.2) is 15.5 Å². The molecule has 0 aliphatic rings. The number of hydrogen-bond acceptors (Lipinski definition) is 3. The summed E-state index contributed by atoms with van der Waals surface area (Å²) < 4.78 is 2.00. The van der Waals surface area contributed by atoms with Crippen molar-refractivity contribution < 1.29 is 0 Å². The predicted octanol–water partition coefficient (Wildman–Crippen LogP) is 2.41.